The molecule has 3 aromatic rings. The Kier molecular flexibility index (Phi) is 3.38. The van der Waals surface area contributed by atoms with E-state index in [9.17, 15) is 4.79 Å². The fourth-order valence-corrected chi connectivity index (χ4v) is 3.08. The second-order valence-electron chi connectivity index (χ2n) is 5.71. The van der Waals surface area contributed by atoms with Crippen LogP contribution in [0.3, 0.4) is 0 Å². The van der Waals surface area contributed by atoms with Gasteiger partial charge in [-0.25, -0.2) is 4.79 Å². The smallest absolute Gasteiger partial charge is 0.339 e. The van der Waals surface area contributed by atoms with E-state index in [4.69, 9.17) is 14.2 Å². The van der Waals surface area contributed by atoms with E-state index in [2.05, 4.69) is 0 Å². The quantitative estimate of drug-likeness (QED) is 0.681. The number of hydrogen-bond acceptors (Lipinski definition) is 4. The molecule has 0 aliphatic carbocycles. The van der Waals surface area contributed by atoms with Gasteiger partial charge in [0.25, 0.3) is 0 Å². The molecule has 0 radical (unpaired) electrons. The monoisotopic (exact) mass is 320 g/mol. The summed E-state index contributed by atoms with van der Waals surface area (Å²) in [5.74, 6) is 1.23. The Labute approximate surface area is 139 Å². The first-order valence-corrected chi connectivity index (χ1v) is 7.66. The number of ether oxygens (including phenoxy) is 3. The molecule has 24 heavy (non-hydrogen) atoms. The summed E-state index contributed by atoms with van der Waals surface area (Å²) in [6.07, 6.45) is -0.408. The summed E-state index contributed by atoms with van der Waals surface area (Å²) in [5.41, 5.74) is 2.37. The van der Waals surface area contributed by atoms with E-state index in [1.54, 1.807) is 26.4 Å². The molecular weight excluding hydrogens is 304 g/mol. The van der Waals surface area contributed by atoms with Crippen molar-refractivity contribution in [1.82, 2.24) is 0 Å². The van der Waals surface area contributed by atoms with Crippen LogP contribution in [0, 0.1) is 0 Å². The van der Waals surface area contributed by atoms with Crippen LogP contribution in [0.4, 0.5) is 0 Å². The molecule has 4 nitrogen and oxygen atoms in total. The van der Waals surface area contributed by atoms with Gasteiger partial charge in [-0.15, -0.1) is 0 Å². The highest BCUT2D eigenvalue weighted by Gasteiger charge is 2.32. The van der Waals surface area contributed by atoms with Gasteiger partial charge in [0.2, 0.25) is 0 Å². The largest absolute Gasteiger partial charge is 0.497 e. The zero-order valence-corrected chi connectivity index (χ0v) is 13.4. The van der Waals surface area contributed by atoms with E-state index in [1.165, 1.54) is 0 Å². The van der Waals surface area contributed by atoms with Gasteiger partial charge in [0.05, 0.1) is 19.8 Å². The summed E-state index contributed by atoms with van der Waals surface area (Å²) < 4.78 is 16.1. The van der Waals surface area contributed by atoms with Crippen molar-refractivity contribution in [3.63, 3.8) is 0 Å². The molecular formula is C20H16O4. The Morgan fingerprint density at radius 2 is 1.50 bits per heavy atom. The summed E-state index contributed by atoms with van der Waals surface area (Å²) in [7, 11) is 3.26. The topological polar surface area (TPSA) is 44.8 Å². The van der Waals surface area contributed by atoms with Crippen LogP contribution < -0.4 is 9.47 Å². The van der Waals surface area contributed by atoms with E-state index in [0.717, 1.165) is 27.6 Å². The molecule has 0 saturated carbocycles. The van der Waals surface area contributed by atoms with Crippen molar-refractivity contribution in [2.75, 3.05) is 14.2 Å². The Morgan fingerprint density at radius 3 is 2.29 bits per heavy atom. The molecule has 1 unspecified atom stereocenters. The van der Waals surface area contributed by atoms with Gasteiger partial charge in [0.1, 0.15) is 11.5 Å². The molecule has 3 aromatic carbocycles. The summed E-state index contributed by atoms with van der Waals surface area (Å²) in [6.45, 7) is 0. The number of rotatable bonds is 3. The van der Waals surface area contributed by atoms with Crippen LogP contribution in [0.2, 0.25) is 0 Å². The van der Waals surface area contributed by atoms with Gasteiger partial charge >= 0.3 is 5.97 Å². The minimum Gasteiger partial charge on any atom is -0.497 e. The Morgan fingerprint density at radius 1 is 0.833 bits per heavy atom. The van der Waals surface area contributed by atoms with E-state index in [0.29, 0.717) is 11.3 Å². The van der Waals surface area contributed by atoms with Crippen LogP contribution in [0.1, 0.15) is 27.6 Å². The first-order valence-electron chi connectivity index (χ1n) is 7.66. The van der Waals surface area contributed by atoms with Crippen molar-refractivity contribution in [1.29, 1.82) is 0 Å². The lowest BCUT2D eigenvalue weighted by atomic mass is 9.97. The highest BCUT2D eigenvalue weighted by Crippen LogP contribution is 2.38. The van der Waals surface area contributed by atoms with Crippen LogP contribution in [-0.4, -0.2) is 20.2 Å². The minimum atomic E-state index is -0.408. The van der Waals surface area contributed by atoms with Crippen molar-refractivity contribution < 1.29 is 19.0 Å². The van der Waals surface area contributed by atoms with Gasteiger partial charge in [-0.05, 0) is 52.7 Å². The molecule has 1 aliphatic heterocycles. The minimum absolute atomic E-state index is 0.299. The van der Waals surface area contributed by atoms with Gasteiger partial charge in [-0.2, -0.15) is 0 Å². The van der Waals surface area contributed by atoms with Gasteiger partial charge < -0.3 is 14.2 Å². The van der Waals surface area contributed by atoms with Crippen LogP contribution in [0.5, 0.6) is 11.5 Å². The Hall–Kier alpha value is -3.01. The lowest BCUT2D eigenvalue weighted by molar-refractivity contribution is 0.0456. The first kappa shape index (κ1) is 14.6. The van der Waals surface area contributed by atoms with Gasteiger partial charge in [-0.3, -0.25) is 0 Å². The number of benzene rings is 3. The highest BCUT2D eigenvalue weighted by molar-refractivity contribution is 5.95. The number of cyclic esters (lactones) is 1. The molecule has 0 fully saturated rings. The molecule has 0 spiro atoms. The average Bonchev–Trinajstić information content (AvgIpc) is 2.96. The molecule has 1 atom stereocenters. The summed E-state index contributed by atoms with van der Waals surface area (Å²) >= 11 is 0. The number of carbonyl (C=O) groups is 1. The first-order chi connectivity index (χ1) is 11.7. The van der Waals surface area contributed by atoms with Crippen molar-refractivity contribution in [3.8, 4) is 11.5 Å². The molecule has 0 aromatic heterocycles. The third-order valence-electron chi connectivity index (χ3n) is 4.36. The summed E-state index contributed by atoms with van der Waals surface area (Å²) in [4.78, 5) is 12.1. The molecule has 1 heterocycles. The number of methoxy groups -OCH3 is 2. The maximum Gasteiger partial charge on any atom is 0.339 e. The second-order valence-corrected chi connectivity index (χ2v) is 5.71. The zero-order chi connectivity index (χ0) is 16.7. The normalized spacial score (nSPS) is 15.9. The Bertz CT molecular complexity index is 946. The number of esters is 1. The molecule has 0 N–H and O–H groups in total. The fourth-order valence-electron chi connectivity index (χ4n) is 3.08. The lowest BCUT2D eigenvalue weighted by Crippen LogP contribution is -2.00. The van der Waals surface area contributed by atoms with E-state index >= 15 is 0 Å². The van der Waals surface area contributed by atoms with E-state index in [-0.39, 0.29) is 5.97 Å². The highest BCUT2D eigenvalue weighted by atomic mass is 16.5. The predicted molar refractivity (Wildman–Crippen MR) is 90.8 cm³/mol. The van der Waals surface area contributed by atoms with Crippen molar-refractivity contribution in [2.24, 2.45) is 0 Å². The van der Waals surface area contributed by atoms with E-state index < -0.39 is 6.10 Å². The maximum absolute atomic E-state index is 12.1. The zero-order valence-electron chi connectivity index (χ0n) is 13.4. The molecule has 0 saturated heterocycles. The standard InChI is InChI=1S/C20H16O4/c1-22-15-6-5-12-9-14(4-3-13(12)10-15)19-18-11-16(23-2)7-8-17(18)20(21)24-19/h3-11,19H,1-2H3. The van der Waals surface area contributed by atoms with Gasteiger partial charge in [-0.1, -0.05) is 18.2 Å². The second kappa shape index (κ2) is 5.57. The third-order valence-corrected chi connectivity index (χ3v) is 4.36. The van der Waals surface area contributed by atoms with Gasteiger partial charge in [0.15, 0.2) is 6.10 Å². The van der Waals surface area contributed by atoms with Crippen molar-refractivity contribution >= 4 is 16.7 Å². The van der Waals surface area contributed by atoms with Crippen molar-refractivity contribution in [3.05, 3.63) is 71.3 Å². The van der Waals surface area contributed by atoms with Crippen LogP contribution in [0.15, 0.2) is 54.6 Å². The summed E-state index contributed by atoms with van der Waals surface area (Å²) in [6, 6.07) is 17.3. The average molecular weight is 320 g/mol. The number of hydrogen-bond donors (Lipinski definition) is 0. The fraction of sp³-hybridized carbons (Fsp3) is 0.150. The number of fused-ring (bicyclic) bond motifs is 2. The van der Waals surface area contributed by atoms with Crippen LogP contribution in [0.25, 0.3) is 10.8 Å². The number of carbonyl (C=O) groups excluding carboxylic acids is 1. The van der Waals surface area contributed by atoms with E-state index in [1.807, 2.05) is 42.5 Å². The van der Waals surface area contributed by atoms with Crippen molar-refractivity contribution in [2.45, 2.75) is 6.10 Å². The molecule has 4 heteroatoms. The lowest BCUT2D eigenvalue weighted by Gasteiger charge is -2.13. The molecule has 4 rings (SSSR count). The van der Waals surface area contributed by atoms with Crippen LogP contribution in [-0.2, 0) is 4.74 Å². The molecule has 120 valence electrons. The predicted octanol–water partition coefficient (Wildman–Crippen LogP) is 4.12. The maximum atomic E-state index is 12.1. The molecule has 1 aliphatic rings. The molecule has 0 bridgehead atoms. The van der Waals surface area contributed by atoms with Crippen LogP contribution >= 0.6 is 0 Å². The third kappa shape index (κ3) is 2.27. The van der Waals surface area contributed by atoms with Gasteiger partial charge in [0, 0.05) is 5.56 Å². The SMILES string of the molecule is COc1ccc2c(c1)C(c1ccc3cc(OC)ccc3c1)OC2=O. The molecule has 0 amide bonds. The Balaban J connectivity index is 1.80. The summed E-state index contributed by atoms with van der Waals surface area (Å²) in [5, 5.41) is 2.15.